The Morgan fingerprint density at radius 3 is 2.65 bits per heavy atom. The number of thiazole rings is 1. The molecule has 3 aromatic heterocycles. The second kappa shape index (κ2) is 7.19. The van der Waals surface area contributed by atoms with Crippen LogP contribution in [0.25, 0.3) is 11.4 Å². The molecule has 1 N–H and O–H groups in total. The van der Waals surface area contributed by atoms with Crippen LogP contribution in [0.15, 0.2) is 66.4 Å². The van der Waals surface area contributed by atoms with Crippen LogP contribution in [0, 0.1) is 0 Å². The van der Waals surface area contributed by atoms with Crippen LogP contribution in [-0.4, -0.2) is 36.1 Å². The molecule has 1 aromatic carbocycles. The first kappa shape index (κ1) is 16.0. The molecule has 0 aliphatic rings. The van der Waals surface area contributed by atoms with Gasteiger partial charge in [-0.05, 0) is 28.1 Å². The second-order valence-electron chi connectivity index (χ2n) is 5.35. The van der Waals surface area contributed by atoms with Gasteiger partial charge in [0.1, 0.15) is 12.0 Å². The van der Waals surface area contributed by atoms with Crippen molar-refractivity contribution in [2.45, 2.75) is 6.04 Å². The minimum atomic E-state index is -0.687. The highest BCUT2D eigenvalue weighted by Gasteiger charge is 2.24. The lowest BCUT2D eigenvalue weighted by molar-refractivity contribution is -0.118. The third-order valence-electron chi connectivity index (χ3n) is 3.65. The number of anilines is 1. The molecule has 0 bridgehead atoms. The van der Waals surface area contributed by atoms with Crippen LogP contribution in [0.4, 0.5) is 5.13 Å². The average molecular weight is 363 g/mol. The van der Waals surface area contributed by atoms with E-state index in [0.29, 0.717) is 10.8 Å². The molecule has 128 valence electrons. The number of carbonyl (C=O) groups is 1. The summed E-state index contributed by atoms with van der Waals surface area (Å²) >= 11 is 1.34. The quantitative estimate of drug-likeness (QED) is 0.585. The summed E-state index contributed by atoms with van der Waals surface area (Å²) in [6.07, 6.45) is 3.12. The van der Waals surface area contributed by atoms with Gasteiger partial charge in [-0.3, -0.25) is 15.1 Å². The van der Waals surface area contributed by atoms with E-state index in [1.165, 1.54) is 22.3 Å². The number of tetrazole rings is 1. The number of aromatic nitrogens is 6. The monoisotopic (exact) mass is 363 g/mol. The van der Waals surface area contributed by atoms with Crippen LogP contribution in [0.2, 0.25) is 0 Å². The maximum absolute atomic E-state index is 12.9. The molecule has 3 heterocycles. The fourth-order valence-corrected chi connectivity index (χ4v) is 3.19. The highest BCUT2D eigenvalue weighted by atomic mass is 32.1. The lowest BCUT2D eigenvalue weighted by atomic mass is 10.1. The van der Waals surface area contributed by atoms with Crippen molar-refractivity contribution < 1.29 is 4.79 Å². The largest absolute Gasteiger partial charge is 0.300 e. The lowest BCUT2D eigenvalue weighted by Crippen LogP contribution is -2.27. The van der Waals surface area contributed by atoms with Crippen molar-refractivity contribution in [1.82, 2.24) is 30.2 Å². The van der Waals surface area contributed by atoms with Gasteiger partial charge in [0.15, 0.2) is 11.2 Å². The molecule has 0 aliphatic heterocycles. The summed E-state index contributed by atoms with van der Waals surface area (Å²) in [5, 5.41) is 16.3. The van der Waals surface area contributed by atoms with Gasteiger partial charge in [-0.1, -0.05) is 36.4 Å². The van der Waals surface area contributed by atoms with Crippen molar-refractivity contribution in [2.75, 3.05) is 5.32 Å². The van der Waals surface area contributed by atoms with E-state index in [2.05, 4.69) is 30.8 Å². The molecule has 1 atom stereocenters. The molecule has 4 rings (SSSR count). The second-order valence-corrected chi connectivity index (χ2v) is 6.20. The molecule has 0 fully saturated rings. The predicted molar refractivity (Wildman–Crippen MR) is 96.4 cm³/mol. The number of rotatable bonds is 5. The molecule has 0 radical (unpaired) electrons. The first-order valence-electron chi connectivity index (χ1n) is 7.76. The number of amides is 1. The van der Waals surface area contributed by atoms with Gasteiger partial charge in [-0.25, -0.2) is 9.67 Å². The predicted octanol–water partition coefficient (Wildman–Crippen LogP) is 2.42. The smallest absolute Gasteiger partial charge is 0.255 e. The SMILES string of the molecule is O=C(Nc1nc(-c2ccccn2)cs1)[C@H](c1ccccc1)n1cnnn1. The van der Waals surface area contributed by atoms with E-state index >= 15 is 0 Å². The van der Waals surface area contributed by atoms with Gasteiger partial charge in [-0.15, -0.1) is 16.4 Å². The van der Waals surface area contributed by atoms with Crippen molar-refractivity contribution in [3.8, 4) is 11.4 Å². The molecular formula is C17H13N7OS. The molecular weight excluding hydrogens is 350 g/mol. The summed E-state index contributed by atoms with van der Waals surface area (Å²) in [5.41, 5.74) is 2.24. The molecule has 1 amide bonds. The van der Waals surface area contributed by atoms with Crippen LogP contribution >= 0.6 is 11.3 Å². The maximum atomic E-state index is 12.9. The van der Waals surface area contributed by atoms with Gasteiger partial charge >= 0.3 is 0 Å². The third kappa shape index (κ3) is 3.33. The number of nitrogens with one attached hydrogen (secondary N) is 1. The zero-order valence-electron chi connectivity index (χ0n) is 13.4. The van der Waals surface area contributed by atoms with Gasteiger partial charge < -0.3 is 0 Å². The first-order valence-corrected chi connectivity index (χ1v) is 8.64. The zero-order chi connectivity index (χ0) is 17.8. The topological polar surface area (TPSA) is 98.5 Å². The fraction of sp³-hybridized carbons (Fsp3) is 0.0588. The van der Waals surface area contributed by atoms with Crippen LogP contribution in [0.5, 0.6) is 0 Å². The number of hydrogen-bond acceptors (Lipinski definition) is 7. The molecule has 0 saturated carbocycles. The molecule has 0 spiro atoms. The number of carbonyl (C=O) groups excluding carboxylic acids is 1. The Balaban J connectivity index is 1.59. The van der Waals surface area contributed by atoms with Crippen LogP contribution < -0.4 is 5.32 Å². The summed E-state index contributed by atoms with van der Waals surface area (Å²) < 4.78 is 1.41. The van der Waals surface area contributed by atoms with Gasteiger partial charge in [0, 0.05) is 11.6 Å². The Kier molecular flexibility index (Phi) is 4.44. The van der Waals surface area contributed by atoms with Crippen molar-refractivity contribution in [3.05, 3.63) is 72.0 Å². The van der Waals surface area contributed by atoms with Gasteiger partial charge in [0.25, 0.3) is 5.91 Å². The molecule has 0 aliphatic carbocycles. The summed E-state index contributed by atoms with van der Waals surface area (Å²) in [6, 6.07) is 14.2. The van der Waals surface area contributed by atoms with E-state index < -0.39 is 6.04 Å². The van der Waals surface area contributed by atoms with Crippen molar-refractivity contribution in [1.29, 1.82) is 0 Å². The summed E-state index contributed by atoms with van der Waals surface area (Å²) in [7, 11) is 0. The first-order chi connectivity index (χ1) is 12.8. The van der Waals surface area contributed by atoms with Crippen LogP contribution in [-0.2, 0) is 4.79 Å². The van der Waals surface area contributed by atoms with E-state index in [1.54, 1.807) is 6.20 Å². The Morgan fingerprint density at radius 2 is 1.92 bits per heavy atom. The highest BCUT2D eigenvalue weighted by Crippen LogP contribution is 2.25. The van der Waals surface area contributed by atoms with E-state index in [-0.39, 0.29) is 5.91 Å². The van der Waals surface area contributed by atoms with E-state index in [4.69, 9.17) is 0 Å². The molecule has 4 aromatic rings. The molecule has 0 saturated heterocycles. The van der Waals surface area contributed by atoms with Crippen LogP contribution in [0.3, 0.4) is 0 Å². The molecule has 0 unspecified atom stereocenters. The molecule has 8 nitrogen and oxygen atoms in total. The summed E-state index contributed by atoms with van der Waals surface area (Å²) in [4.78, 5) is 21.6. The van der Waals surface area contributed by atoms with Crippen molar-refractivity contribution in [3.63, 3.8) is 0 Å². The zero-order valence-corrected chi connectivity index (χ0v) is 14.2. The van der Waals surface area contributed by atoms with E-state index in [1.807, 2.05) is 53.9 Å². The third-order valence-corrected chi connectivity index (χ3v) is 4.41. The minimum absolute atomic E-state index is 0.273. The Morgan fingerprint density at radius 1 is 1.08 bits per heavy atom. The Hall–Kier alpha value is -3.46. The Labute approximate surface area is 152 Å². The average Bonchev–Trinajstić information content (AvgIpc) is 3.36. The van der Waals surface area contributed by atoms with Crippen LogP contribution in [0.1, 0.15) is 11.6 Å². The maximum Gasteiger partial charge on any atom is 0.255 e. The summed E-state index contributed by atoms with van der Waals surface area (Å²) in [5.74, 6) is -0.273. The Bertz CT molecular complexity index is 986. The van der Waals surface area contributed by atoms with E-state index in [9.17, 15) is 4.79 Å². The number of hydrogen-bond donors (Lipinski definition) is 1. The van der Waals surface area contributed by atoms with Gasteiger partial charge in [0.05, 0.1) is 5.69 Å². The molecule has 9 heteroatoms. The number of nitrogens with zero attached hydrogens (tertiary/aromatic N) is 6. The van der Waals surface area contributed by atoms with Gasteiger partial charge in [0.2, 0.25) is 0 Å². The highest BCUT2D eigenvalue weighted by molar-refractivity contribution is 7.14. The molecule has 26 heavy (non-hydrogen) atoms. The lowest BCUT2D eigenvalue weighted by Gasteiger charge is -2.15. The number of benzene rings is 1. The van der Waals surface area contributed by atoms with Crippen molar-refractivity contribution in [2.24, 2.45) is 0 Å². The van der Waals surface area contributed by atoms with Gasteiger partial charge in [-0.2, -0.15) is 0 Å². The standard InChI is InChI=1S/C17H13N7OS/c25-16(15(24-11-19-22-23-24)12-6-2-1-3-7-12)21-17-20-14(10-26-17)13-8-4-5-9-18-13/h1-11,15H,(H,20,21,25)/t15-/m0/s1. The normalized spacial score (nSPS) is 11.8. The van der Waals surface area contributed by atoms with E-state index in [0.717, 1.165) is 11.3 Å². The fourth-order valence-electron chi connectivity index (χ4n) is 2.48. The minimum Gasteiger partial charge on any atom is -0.300 e. The number of pyridine rings is 1. The van der Waals surface area contributed by atoms with Crippen molar-refractivity contribution >= 4 is 22.4 Å². The summed E-state index contributed by atoms with van der Waals surface area (Å²) in [6.45, 7) is 0.